The summed E-state index contributed by atoms with van der Waals surface area (Å²) in [6.07, 6.45) is 1.47. The van der Waals surface area contributed by atoms with Gasteiger partial charge in [-0.05, 0) is 17.2 Å². The Hall–Kier alpha value is -3.19. The zero-order chi connectivity index (χ0) is 16.8. The fourth-order valence-corrected chi connectivity index (χ4v) is 3.69. The number of hydrogen-bond donors (Lipinski definition) is 0. The minimum absolute atomic E-state index is 0.0431. The van der Waals surface area contributed by atoms with Gasteiger partial charge in [-0.1, -0.05) is 41.7 Å². The molecule has 0 fully saturated rings. The predicted molar refractivity (Wildman–Crippen MR) is 87.5 cm³/mol. The number of benzene rings is 1. The molecule has 1 aliphatic rings. The summed E-state index contributed by atoms with van der Waals surface area (Å²) in [6, 6.07) is 12.0. The summed E-state index contributed by atoms with van der Waals surface area (Å²) >= 11 is 0.726. The third kappa shape index (κ3) is 1.99. The highest BCUT2D eigenvalue weighted by Crippen LogP contribution is 2.39. The first kappa shape index (κ1) is 14.4. The number of aromatic nitrogens is 1. The molecule has 2 aromatic heterocycles. The highest BCUT2D eigenvalue weighted by Gasteiger charge is 2.37. The first-order valence-electron chi connectivity index (χ1n) is 7.00. The van der Waals surface area contributed by atoms with Crippen molar-refractivity contribution >= 4 is 27.9 Å². The molecule has 0 atom stereocenters. The molecule has 0 saturated heterocycles. The van der Waals surface area contributed by atoms with Gasteiger partial charge < -0.3 is 0 Å². The van der Waals surface area contributed by atoms with Crippen LogP contribution in [0.2, 0.25) is 0 Å². The minimum Gasteiger partial charge on any atom is -0.288 e. The Labute approximate surface area is 139 Å². The van der Waals surface area contributed by atoms with Gasteiger partial charge in [0.25, 0.3) is 0 Å². The van der Waals surface area contributed by atoms with Crippen molar-refractivity contribution in [2.24, 2.45) is 0 Å². The lowest BCUT2D eigenvalue weighted by molar-refractivity contribution is -0.380. The number of pyridine rings is 1. The van der Waals surface area contributed by atoms with Crippen LogP contribution in [-0.4, -0.2) is 21.5 Å². The van der Waals surface area contributed by atoms with Gasteiger partial charge in [-0.3, -0.25) is 24.7 Å². The van der Waals surface area contributed by atoms with Gasteiger partial charge in [-0.15, -0.1) is 0 Å². The van der Waals surface area contributed by atoms with Crippen LogP contribution in [0.3, 0.4) is 0 Å². The van der Waals surface area contributed by atoms with E-state index in [0.717, 1.165) is 23.0 Å². The molecule has 3 aromatic rings. The molecule has 0 unspecified atom stereocenters. The van der Waals surface area contributed by atoms with E-state index in [2.05, 4.69) is 4.98 Å². The lowest BCUT2D eigenvalue weighted by Crippen LogP contribution is -2.21. The average Bonchev–Trinajstić information content (AvgIpc) is 3.06. The summed E-state index contributed by atoms with van der Waals surface area (Å²) in [5.41, 5.74) is 1.69. The van der Waals surface area contributed by atoms with Gasteiger partial charge in [0, 0.05) is 12.3 Å². The van der Waals surface area contributed by atoms with Crippen LogP contribution in [0.25, 0.3) is 11.1 Å². The number of ketones is 2. The van der Waals surface area contributed by atoms with E-state index < -0.39 is 16.5 Å². The van der Waals surface area contributed by atoms with Crippen LogP contribution >= 0.6 is 11.3 Å². The molecule has 116 valence electrons. The third-order valence-electron chi connectivity index (χ3n) is 3.83. The molecule has 0 aliphatic heterocycles. The molecule has 6 nitrogen and oxygen atoms in total. The molecular formula is C17H8N2O4S. The van der Waals surface area contributed by atoms with Crippen LogP contribution in [0.15, 0.2) is 48.7 Å². The number of carbonyl (C=O) groups is 2. The summed E-state index contributed by atoms with van der Waals surface area (Å²) in [6.45, 7) is 0. The molecule has 7 heteroatoms. The maximum Gasteiger partial charge on any atom is 0.325 e. The van der Waals surface area contributed by atoms with Gasteiger partial charge in [0.15, 0.2) is 0 Å². The minimum atomic E-state index is -0.597. The van der Waals surface area contributed by atoms with E-state index in [1.54, 1.807) is 6.07 Å². The van der Waals surface area contributed by atoms with Crippen LogP contribution < -0.4 is 0 Å². The van der Waals surface area contributed by atoms with E-state index in [1.165, 1.54) is 6.20 Å². The lowest BCUT2D eigenvalue weighted by Gasteiger charge is -2.16. The lowest BCUT2D eigenvalue weighted by atomic mass is 9.87. The highest BCUT2D eigenvalue weighted by atomic mass is 32.1. The summed E-state index contributed by atoms with van der Waals surface area (Å²) in [4.78, 5) is 40.1. The smallest absolute Gasteiger partial charge is 0.288 e. The van der Waals surface area contributed by atoms with E-state index >= 15 is 0 Å². The van der Waals surface area contributed by atoms with Gasteiger partial charge >= 0.3 is 5.00 Å². The Bertz CT molecular complexity index is 1020. The first-order chi connectivity index (χ1) is 11.6. The van der Waals surface area contributed by atoms with E-state index in [9.17, 15) is 19.7 Å². The zero-order valence-electron chi connectivity index (χ0n) is 12.1. The molecule has 0 N–H and O–H groups in total. The number of rotatable bonds is 2. The Balaban J connectivity index is 1.97. The summed E-state index contributed by atoms with van der Waals surface area (Å²) in [5, 5.41) is 10.7. The normalized spacial score (nSPS) is 12.7. The standard InChI is InChI=1S/C17H8N2O4S/c20-15-11-8-12(19(22)23)24-17(11)16(21)13-10(6-7-18-14(13)15)9-4-2-1-3-5-9/h1-8H. The second kappa shape index (κ2) is 5.17. The van der Waals surface area contributed by atoms with E-state index in [0.29, 0.717) is 5.56 Å². The number of nitrogens with zero attached hydrogens (tertiary/aromatic N) is 2. The maximum atomic E-state index is 12.9. The van der Waals surface area contributed by atoms with Gasteiger partial charge in [0.2, 0.25) is 11.6 Å². The number of thiophene rings is 1. The molecule has 1 aromatic carbocycles. The van der Waals surface area contributed by atoms with E-state index in [1.807, 2.05) is 30.3 Å². The van der Waals surface area contributed by atoms with Crippen LogP contribution in [0.4, 0.5) is 5.00 Å². The van der Waals surface area contributed by atoms with Crippen LogP contribution in [0.1, 0.15) is 31.3 Å². The zero-order valence-corrected chi connectivity index (χ0v) is 12.9. The Kier molecular flexibility index (Phi) is 3.10. The summed E-state index contributed by atoms with van der Waals surface area (Å²) in [7, 11) is 0. The van der Waals surface area contributed by atoms with Gasteiger partial charge in [0.05, 0.1) is 20.9 Å². The Morgan fingerprint density at radius 2 is 1.75 bits per heavy atom. The van der Waals surface area contributed by atoms with Gasteiger partial charge in [0.1, 0.15) is 5.69 Å². The fourth-order valence-electron chi connectivity index (χ4n) is 2.77. The van der Waals surface area contributed by atoms with Gasteiger partial charge in [-0.25, -0.2) is 0 Å². The van der Waals surface area contributed by atoms with Crippen molar-refractivity contribution < 1.29 is 14.5 Å². The summed E-state index contributed by atoms with van der Waals surface area (Å²) in [5.74, 6) is -0.855. The molecule has 2 heterocycles. The molecule has 4 rings (SSSR count). The predicted octanol–water partition coefficient (Wildman–Crippen LogP) is 3.49. The number of hydrogen-bond acceptors (Lipinski definition) is 6. The Morgan fingerprint density at radius 3 is 2.46 bits per heavy atom. The second-order valence-corrected chi connectivity index (χ2v) is 6.22. The van der Waals surface area contributed by atoms with Crippen molar-refractivity contribution in [3.8, 4) is 11.1 Å². The monoisotopic (exact) mass is 336 g/mol. The average molecular weight is 336 g/mol. The molecule has 0 saturated carbocycles. The van der Waals surface area contributed by atoms with E-state index in [4.69, 9.17) is 0 Å². The molecule has 0 radical (unpaired) electrons. The summed E-state index contributed by atoms with van der Waals surface area (Å²) < 4.78 is 0. The third-order valence-corrected chi connectivity index (χ3v) is 4.91. The number of carbonyl (C=O) groups excluding carboxylic acids is 2. The van der Waals surface area contributed by atoms with Crippen molar-refractivity contribution in [3.05, 3.63) is 80.5 Å². The number of nitro groups is 1. The fraction of sp³-hybridized carbons (Fsp3) is 0. The molecule has 1 aliphatic carbocycles. The van der Waals surface area contributed by atoms with Crippen molar-refractivity contribution in [2.75, 3.05) is 0 Å². The van der Waals surface area contributed by atoms with Crippen molar-refractivity contribution in [1.29, 1.82) is 0 Å². The van der Waals surface area contributed by atoms with Crippen LogP contribution in [0.5, 0.6) is 0 Å². The van der Waals surface area contributed by atoms with Crippen molar-refractivity contribution in [3.63, 3.8) is 0 Å². The topological polar surface area (TPSA) is 90.2 Å². The highest BCUT2D eigenvalue weighted by molar-refractivity contribution is 7.18. The molecule has 0 spiro atoms. The second-order valence-electron chi connectivity index (χ2n) is 5.19. The van der Waals surface area contributed by atoms with Crippen molar-refractivity contribution in [1.82, 2.24) is 4.98 Å². The maximum absolute atomic E-state index is 12.9. The molecule has 24 heavy (non-hydrogen) atoms. The number of fused-ring (bicyclic) bond motifs is 2. The van der Waals surface area contributed by atoms with E-state index in [-0.39, 0.29) is 26.7 Å². The quantitative estimate of drug-likeness (QED) is 0.413. The molecule has 0 bridgehead atoms. The van der Waals surface area contributed by atoms with Gasteiger partial charge in [-0.2, -0.15) is 0 Å². The first-order valence-corrected chi connectivity index (χ1v) is 7.81. The van der Waals surface area contributed by atoms with Crippen LogP contribution in [-0.2, 0) is 0 Å². The molecular weight excluding hydrogens is 328 g/mol. The molecule has 0 amide bonds. The van der Waals surface area contributed by atoms with Crippen LogP contribution in [0, 0.1) is 10.1 Å². The Morgan fingerprint density at radius 1 is 1.00 bits per heavy atom. The largest absolute Gasteiger partial charge is 0.325 e. The van der Waals surface area contributed by atoms with Crippen molar-refractivity contribution in [2.45, 2.75) is 0 Å². The SMILES string of the molecule is O=C1c2cc([N+](=O)[O-])sc2C(=O)c2c(-c3ccccc3)ccnc21.